The van der Waals surface area contributed by atoms with Crippen LogP contribution in [0.2, 0.25) is 0 Å². The van der Waals surface area contributed by atoms with E-state index in [0.717, 1.165) is 39.8 Å². The monoisotopic (exact) mass is 498 g/mol. The number of aliphatic hydroxyl groups is 1. The molecular weight excluding hydrogens is 471 g/mol. The summed E-state index contributed by atoms with van der Waals surface area (Å²) < 4.78 is 18.9. The Balaban J connectivity index is 1.55. The number of aliphatic hydroxyl groups excluding tert-OH is 1. The van der Waals surface area contributed by atoms with Crippen molar-refractivity contribution in [2.45, 2.75) is 25.8 Å². The molecule has 0 radical (unpaired) electrons. The second-order valence-electron chi connectivity index (χ2n) is 9.07. The van der Waals surface area contributed by atoms with Crippen LogP contribution in [0.25, 0.3) is 16.7 Å². The molecule has 1 aliphatic heterocycles. The normalized spacial score (nSPS) is 17.1. The Morgan fingerprint density at radius 3 is 2.46 bits per heavy atom. The van der Waals surface area contributed by atoms with E-state index < -0.39 is 23.5 Å². The lowest BCUT2D eigenvalue weighted by molar-refractivity contribution is -0.139. The lowest BCUT2D eigenvalue weighted by atomic mass is 9.94. The number of amides is 1. The number of likely N-dealkylation sites (tertiary alicyclic amines) is 1. The van der Waals surface area contributed by atoms with Gasteiger partial charge in [0.05, 0.1) is 18.7 Å². The zero-order valence-electron chi connectivity index (χ0n) is 20.6. The molecule has 37 heavy (non-hydrogen) atoms. The van der Waals surface area contributed by atoms with Gasteiger partial charge in [0.1, 0.15) is 17.3 Å². The number of nitrogens with one attached hydrogen (secondary N) is 1. The van der Waals surface area contributed by atoms with Crippen LogP contribution in [0.4, 0.5) is 4.39 Å². The highest BCUT2D eigenvalue weighted by molar-refractivity contribution is 6.46. The number of carbonyl (C=O) groups is 2. The number of aryl methyl sites for hydroxylation is 1. The van der Waals surface area contributed by atoms with E-state index in [1.54, 1.807) is 7.11 Å². The van der Waals surface area contributed by atoms with Crippen LogP contribution < -0.4 is 4.74 Å². The first-order valence-electron chi connectivity index (χ1n) is 12.2. The van der Waals surface area contributed by atoms with Crippen LogP contribution in [0.5, 0.6) is 5.75 Å². The number of methoxy groups -OCH3 is 1. The molecule has 0 aliphatic carbocycles. The number of aromatic amines is 1. The molecule has 5 rings (SSSR count). The quantitative estimate of drug-likeness (QED) is 0.199. The van der Waals surface area contributed by atoms with Gasteiger partial charge < -0.3 is 19.7 Å². The number of carbonyl (C=O) groups excluding carboxylic acids is 2. The smallest absolute Gasteiger partial charge is 0.295 e. The summed E-state index contributed by atoms with van der Waals surface area (Å²) in [6, 6.07) is 17.9. The number of Topliss-reactive ketones (excluding diaryl/α,β-unsaturated/α-hetero) is 1. The minimum Gasteiger partial charge on any atom is -0.507 e. The third-order valence-corrected chi connectivity index (χ3v) is 6.96. The Hall–Kier alpha value is -4.39. The van der Waals surface area contributed by atoms with Crippen LogP contribution in [0, 0.1) is 5.82 Å². The Kier molecular flexibility index (Phi) is 6.53. The number of rotatable bonds is 7. The number of aromatic nitrogens is 1. The molecule has 4 aromatic rings. The molecule has 6 nitrogen and oxygen atoms in total. The van der Waals surface area contributed by atoms with E-state index in [1.807, 2.05) is 55.6 Å². The van der Waals surface area contributed by atoms with Crippen LogP contribution in [0.1, 0.15) is 35.2 Å². The van der Waals surface area contributed by atoms with Gasteiger partial charge in [0, 0.05) is 29.2 Å². The predicted octanol–water partition coefficient (Wildman–Crippen LogP) is 5.54. The number of hydrogen-bond acceptors (Lipinski definition) is 4. The van der Waals surface area contributed by atoms with Crippen LogP contribution in [0.3, 0.4) is 0 Å². The van der Waals surface area contributed by atoms with Crippen molar-refractivity contribution in [3.8, 4) is 5.75 Å². The van der Waals surface area contributed by atoms with Crippen LogP contribution in [-0.2, 0) is 22.4 Å². The fourth-order valence-corrected chi connectivity index (χ4v) is 4.89. The first-order valence-corrected chi connectivity index (χ1v) is 12.2. The molecule has 0 bridgehead atoms. The molecule has 188 valence electrons. The molecule has 1 atom stereocenters. The molecule has 0 spiro atoms. The van der Waals surface area contributed by atoms with E-state index in [1.165, 1.54) is 29.2 Å². The molecule has 1 aliphatic rings. The predicted molar refractivity (Wildman–Crippen MR) is 140 cm³/mol. The van der Waals surface area contributed by atoms with E-state index >= 15 is 0 Å². The highest BCUT2D eigenvalue weighted by Gasteiger charge is 2.45. The molecule has 1 aromatic heterocycles. The fourth-order valence-electron chi connectivity index (χ4n) is 4.89. The summed E-state index contributed by atoms with van der Waals surface area (Å²) in [6.07, 6.45) is 3.23. The zero-order valence-corrected chi connectivity index (χ0v) is 20.6. The Bertz CT molecular complexity index is 1500. The Labute approximate surface area is 214 Å². The molecule has 0 saturated carbocycles. The minimum absolute atomic E-state index is 0.00134. The molecule has 2 heterocycles. The largest absolute Gasteiger partial charge is 0.507 e. The molecule has 0 unspecified atom stereocenters. The lowest BCUT2D eigenvalue weighted by Gasteiger charge is -2.25. The number of H-pyrrole nitrogens is 1. The maximum Gasteiger partial charge on any atom is 0.295 e. The molecule has 1 fully saturated rings. The molecule has 1 saturated heterocycles. The maximum atomic E-state index is 13.5. The molecule has 2 N–H and O–H groups in total. The molecule has 1 amide bonds. The highest BCUT2D eigenvalue weighted by Crippen LogP contribution is 2.40. The van der Waals surface area contributed by atoms with Gasteiger partial charge in [-0.3, -0.25) is 9.59 Å². The summed E-state index contributed by atoms with van der Waals surface area (Å²) in [5.41, 5.74) is 4.04. The van der Waals surface area contributed by atoms with Gasteiger partial charge in [0.25, 0.3) is 11.7 Å². The summed E-state index contributed by atoms with van der Waals surface area (Å²) in [6.45, 7) is 2.31. The van der Waals surface area contributed by atoms with Gasteiger partial charge in [-0.15, -0.1) is 0 Å². The third kappa shape index (κ3) is 4.48. The van der Waals surface area contributed by atoms with E-state index in [4.69, 9.17) is 4.74 Å². The van der Waals surface area contributed by atoms with E-state index in [0.29, 0.717) is 6.42 Å². The van der Waals surface area contributed by atoms with E-state index in [-0.39, 0.29) is 23.4 Å². The van der Waals surface area contributed by atoms with Gasteiger partial charge in [-0.05, 0) is 72.0 Å². The van der Waals surface area contributed by atoms with Crippen molar-refractivity contribution in [2.24, 2.45) is 0 Å². The van der Waals surface area contributed by atoms with Crippen molar-refractivity contribution in [2.75, 3.05) is 13.7 Å². The Morgan fingerprint density at radius 1 is 1.05 bits per heavy atom. The third-order valence-electron chi connectivity index (χ3n) is 6.96. The van der Waals surface area contributed by atoms with Gasteiger partial charge in [-0.25, -0.2) is 4.39 Å². The fraction of sp³-hybridized carbons (Fsp3) is 0.200. The van der Waals surface area contributed by atoms with Crippen molar-refractivity contribution < 1.29 is 23.8 Å². The van der Waals surface area contributed by atoms with Crippen molar-refractivity contribution in [1.29, 1.82) is 0 Å². The summed E-state index contributed by atoms with van der Waals surface area (Å²) >= 11 is 0. The van der Waals surface area contributed by atoms with Gasteiger partial charge in [0.2, 0.25) is 0 Å². The second-order valence-corrected chi connectivity index (χ2v) is 9.07. The maximum absolute atomic E-state index is 13.5. The summed E-state index contributed by atoms with van der Waals surface area (Å²) in [4.78, 5) is 31.3. The van der Waals surface area contributed by atoms with Crippen LogP contribution >= 0.6 is 0 Å². The van der Waals surface area contributed by atoms with Gasteiger partial charge in [-0.1, -0.05) is 31.2 Å². The zero-order chi connectivity index (χ0) is 26.1. The number of ether oxygens (including phenoxy) is 1. The average Bonchev–Trinajstić information content (AvgIpc) is 3.44. The average molecular weight is 499 g/mol. The van der Waals surface area contributed by atoms with Crippen molar-refractivity contribution in [1.82, 2.24) is 9.88 Å². The van der Waals surface area contributed by atoms with Crippen molar-refractivity contribution in [3.63, 3.8) is 0 Å². The lowest BCUT2D eigenvalue weighted by Crippen LogP contribution is -2.31. The van der Waals surface area contributed by atoms with E-state index in [9.17, 15) is 19.1 Å². The summed E-state index contributed by atoms with van der Waals surface area (Å²) in [5, 5.41) is 12.1. The van der Waals surface area contributed by atoms with Crippen LogP contribution in [0.15, 0.2) is 78.5 Å². The van der Waals surface area contributed by atoms with Gasteiger partial charge >= 0.3 is 0 Å². The molecule has 7 heteroatoms. The number of halogens is 1. The number of benzene rings is 3. The number of hydrogen-bond donors (Lipinski definition) is 2. The number of ketones is 1. The first-order chi connectivity index (χ1) is 17.9. The summed E-state index contributed by atoms with van der Waals surface area (Å²) in [5.74, 6) is -1.48. The SMILES string of the molecule is CCc1ccc([C@H]2C(=C(O)c3ccc(F)cc3)C(=O)C(=O)N2CCc2c[nH]c3ccc(OC)cc23)cc1. The number of nitrogens with zero attached hydrogens (tertiary/aromatic N) is 1. The Morgan fingerprint density at radius 2 is 1.78 bits per heavy atom. The standard InChI is InChI=1S/C30H27FN2O4/c1-3-18-4-6-19(7-5-18)27-26(28(34)20-8-10-22(31)11-9-20)29(35)30(36)33(27)15-14-21-17-32-25-13-12-23(37-2)16-24(21)25/h4-13,16-17,27,32,34H,3,14-15H2,1-2H3/t27-/m0/s1. The second kappa shape index (κ2) is 9.93. The van der Waals surface area contributed by atoms with E-state index in [2.05, 4.69) is 4.98 Å². The first kappa shape index (κ1) is 24.3. The topological polar surface area (TPSA) is 82.6 Å². The molecular formula is C30H27FN2O4. The van der Waals surface area contributed by atoms with Crippen molar-refractivity contribution >= 4 is 28.4 Å². The van der Waals surface area contributed by atoms with Crippen molar-refractivity contribution in [3.05, 3.63) is 107 Å². The summed E-state index contributed by atoms with van der Waals surface area (Å²) in [7, 11) is 1.61. The van der Waals surface area contributed by atoms with Gasteiger partial charge in [-0.2, -0.15) is 0 Å². The minimum atomic E-state index is -0.768. The molecule has 3 aromatic carbocycles. The van der Waals surface area contributed by atoms with Gasteiger partial charge in [0.15, 0.2) is 0 Å². The number of fused-ring (bicyclic) bond motifs is 1. The highest BCUT2D eigenvalue weighted by atomic mass is 19.1. The van der Waals surface area contributed by atoms with Crippen LogP contribution in [-0.4, -0.2) is 40.3 Å².